The lowest BCUT2D eigenvalue weighted by atomic mass is 9.97. The summed E-state index contributed by atoms with van der Waals surface area (Å²) in [5.74, 6) is 0.539. The van der Waals surface area contributed by atoms with Crippen LogP contribution in [0.25, 0.3) is 0 Å². The van der Waals surface area contributed by atoms with E-state index in [1.165, 1.54) is 5.57 Å². The van der Waals surface area contributed by atoms with Gasteiger partial charge in [0, 0.05) is 5.03 Å². The van der Waals surface area contributed by atoms with Gasteiger partial charge in [0.15, 0.2) is 0 Å². The van der Waals surface area contributed by atoms with Crippen LogP contribution in [-0.4, -0.2) is 0 Å². The summed E-state index contributed by atoms with van der Waals surface area (Å²) < 4.78 is 0. The number of halogens is 1. The quantitative estimate of drug-likeness (QED) is 0.488. The molecule has 0 saturated heterocycles. The summed E-state index contributed by atoms with van der Waals surface area (Å²) >= 11 is 5.85. The second-order valence-corrected chi connectivity index (χ2v) is 3.11. The van der Waals surface area contributed by atoms with Crippen molar-refractivity contribution in [3.8, 4) is 0 Å². The van der Waals surface area contributed by atoms with Crippen molar-refractivity contribution in [3.63, 3.8) is 0 Å². The first-order valence-electron chi connectivity index (χ1n) is 3.23. The van der Waals surface area contributed by atoms with E-state index in [4.69, 9.17) is 11.6 Å². The Morgan fingerprint density at radius 2 is 2.22 bits per heavy atom. The van der Waals surface area contributed by atoms with E-state index < -0.39 is 0 Å². The fourth-order valence-corrected chi connectivity index (χ4v) is 1.17. The molecular formula is C8H11Cl. The van der Waals surface area contributed by atoms with Gasteiger partial charge in [-0.25, -0.2) is 0 Å². The largest absolute Gasteiger partial charge is 0.0888 e. The molecular weight excluding hydrogens is 132 g/mol. The Hall–Kier alpha value is -0.230. The number of allylic oxidation sites excluding steroid dienone is 4. The minimum atomic E-state index is 0.539. The first-order chi connectivity index (χ1) is 4.20. The smallest absolute Gasteiger partial charge is 0.0212 e. The molecule has 0 radical (unpaired) electrons. The van der Waals surface area contributed by atoms with E-state index >= 15 is 0 Å². The van der Waals surface area contributed by atoms with E-state index in [9.17, 15) is 0 Å². The van der Waals surface area contributed by atoms with Gasteiger partial charge in [0.05, 0.1) is 0 Å². The molecule has 1 aliphatic rings. The van der Waals surface area contributed by atoms with Crippen molar-refractivity contribution < 1.29 is 0 Å². The van der Waals surface area contributed by atoms with Gasteiger partial charge in [-0.1, -0.05) is 30.2 Å². The van der Waals surface area contributed by atoms with Gasteiger partial charge in [0.1, 0.15) is 0 Å². The molecule has 0 N–H and O–H groups in total. The van der Waals surface area contributed by atoms with Crippen LogP contribution in [0, 0.1) is 5.92 Å². The van der Waals surface area contributed by atoms with Crippen molar-refractivity contribution in [2.24, 2.45) is 5.92 Å². The summed E-state index contributed by atoms with van der Waals surface area (Å²) in [5.41, 5.74) is 1.42. The monoisotopic (exact) mass is 142 g/mol. The van der Waals surface area contributed by atoms with Crippen molar-refractivity contribution in [3.05, 3.63) is 22.8 Å². The fourth-order valence-electron chi connectivity index (χ4n) is 1.03. The summed E-state index contributed by atoms with van der Waals surface area (Å²) in [6, 6.07) is 0. The van der Waals surface area contributed by atoms with E-state index in [0.717, 1.165) is 11.5 Å². The maximum Gasteiger partial charge on any atom is 0.0212 e. The highest BCUT2D eigenvalue weighted by atomic mass is 35.5. The zero-order valence-electron chi connectivity index (χ0n) is 5.82. The Balaban J connectivity index is 2.74. The average molecular weight is 143 g/mol. The highest BCUT2D eigenvalue weighted by molar-refractivity contribution is 6.30. The second kappa shape index (κ2) is 2.57. The van der Waals surface area contributed by atoms with Gasteiger partial charge >= 0.3 is 0 Å². The van der Waals surface area contributed by atoms with Crippen LogP contribution in [0.4, 0.5) is 0 Å². The van der Waals surface area contributed by atoms with Crippen LogP contribution in [0.3, 0.4) is 0 Å². The zero-order chi connectivity index (χ0) is 6.85. The van der Waals surface area contributed by atoms with Crippen LogP contribution in [0.15, 0.2) is 22.8 Å². The summed E-state index contributed by atoms with van der Waals surface area (Å²) in [5, 5.41) is 0.987. The third-order valence-electron chi connectivity index (χ3n) is 1.63. The Bertz CT molecular complexity index is 165. The number of hydrogen-bond acceptors (Lipinski definition) is 0. The van der Waals surface area contributed by atoms with Gasteiger partial charge in [-0.2, -0.15) is 0 Å². The van der Waals surface area contributed by atoms with Gasteiger partial charge in [0.25, 0.3) is 0 Å². The molecule has 0 heterocycles. The van der Waals surface area contributed by atoms with Crippen molar-refractivity contribution in [1.82, 2.24) is 0 Å². The predicted molar refractivity (Wildman–Crippen MR) is 41.5 cm³/mol. The van der Waals surface area contributed by atoms with E-state index in [-0.39, 0.29) is 0 Å². The molecule has 1 rings (SSSR count). The molecule has 0 aromatic heterocycles. The molecule has 9 heavy (non-hydrogen) atoms. The third-order valence-corrected chi connectivity index (χ3v) is 2.12. The molecule has 0 aromatic rings. The number of rotatable bonds is 0. The van der Waals surface area contributed by atoms with Gasteiger partial charge in [-0.3, -0.25) is 0 Å². The molecule has 50 valence electrons. The highest BCUT2D eigenvalue weighted by Gasteiger charge is 2.09. The summed E-state index contributed by atoms with van der Waals surface area (Å²) in [4.78, 5) is 0. The van der Waals surface area contributed by atoms with Gasteiger partial charge in [-0.15, -0.1) is 0 Å². The van der Waals surface area contributed by atoms with E-state index in [1.54, 1.807) is 0 Å². The van der Waals surface area contributed by atoms with Crippen LogP contribution in [0.2, 0.25) is 0 Å². The lowest BCUT2D eigenvalue weighted by molar-refractivity contribution is 0.693. The highest BCUT2D eigenvalue weighted by Crippen LogP contribution is 2.26. The van der Waals surface area contributed by atoms with Gasteiger partial charge < -0.3 is 0 Å². The van der Waals surface area contributed by atoms with E-state index in [1.807, 2.05) is 6.08 Å². The lowest BCUT2D eigenvalue weighted by Gasteiger charge is -2.13. The topological polar surface area (TPSA) is 0 Å². The Morgan fingerprint density at radius 1 is 1.56 bits per heavy atom. The Morgan fingerprint density at radius 3 is 2.67 bits per heavy atom. The van der Waals surface area contributed by atoms with Crippen molar-refractivity contribution >= 4 is 11.6 Å². The van der Waals surface area contributed by atoms with Crippen LogP contribution in [0.1, 0.15) is 20.3 Å². The molecule has 0 amide bonds. The zero-order valence-corrected chi connectivity index (χ0v) is 6.57. The summed E-state index contributed by atoms with van der Waals surface area (Å²) in [6.07, 6.45) is 5.20. The molecule has 0 aromatic carbocycles. The van der Waals surface area contributed by atoms with Crippen LogP contribution < -0.4 is 0 Å². The first kappa shape index (κ1) is 6.88. The van der Waals surface area contributed by atoms with Crippen LogP contribution in [0.5, 0.6) is 0 Å². The Kier molecular flexibility index (Phi) is 1.97. The van der Waals surface area contributed by atoms with Crippen molar-refractivity contribution in [2.75, 3.05) is 0 Å². The minimum absolute atomic E-state index is 0.539. The lowest BCUT2D eigenvalue weighted by Crippen LogP contribution is -1.98. The van der Waals surface area contributed by atoms with Crippen LogP contribution >= 0.6 is 11.6 Å². The SMILES string of the molecule is CC1=CC=C(Cl)C(C)C1. The maximum absolute atomic E-state index is 5.85. The first-order valence-corrected chi connectivity index (χ1v) is 3.61. The maximum atomic E-state index is 5.85. The molecule has 0 saturated carbocycles. The standard InChI is InChI=1S/C8H11Cl/c1-6-3-4-8(9)7(2)5-6/h3-4,7H,5H2,1-2H3. The fraction of sp³-hybridized carbons (Fsp3) is 0.500. The molecule has 1 unspecified atom stereocenters. The van der Waals surface area contributed by atoms with Crippen molar-refractivity contribution in [1.29, 1.82) is 0 Å². The normalized spacial score (nSPS) is 27.2. The molecule has 1 atom stereocenters. The molecule has 1 heteroatoms. The Labute approximate surface area is 61.2 Å². The molecule has 0 aliphatic heterocycles. The molecule has 1 aliphatic carbocycles. The van der Waals surface area contributed by atoms with E-state index in [2.05, 4.69) is 19.9 Å². The third kappa shape index (κ3) is 1.59. The molecule has 0 nitrogen and oxygen atoms in total. The minimum Gasteiger partial charge on any atom is -0.0888 e. The van der Waals surface area contributed by atoms with Crippen LogP contribution in [-0.2, 0) is 0 Å². The number of hydrogen-bond donors (Lipinski definition) is 0. The molecule has 0 spiro atoms. The summed E-state index contributed by atoms with van der Waals surface area (Å²) in [6.45, 7) is 4.28. The van der Waals surface area contributed by atoms with Gasteiger partial charge in [0.2, 0.25) is 0 Å². The van der Waals surface area contributed by atoms with Gasteiger partial charge in [-0.05, 0) is 25.3 Å². The second-order valence-electron chi connectivity index (χ2n) is 2.67. The molecule has 0 fully saturated rings. The van der Waals surface area contributed by atoms with Crippen molar-refractivity contribution in [2.45, 2.75) is 20.3 Å². The average Bonchev–Trinajstić information content (AvgIpc) is 1.80. The summed E-state index contributed by atoms with van der Waals surface area (Å²) in [7, 11) is 0. The molecule has 0 bridgehead atoms. The van der Waals surface area contributed by atoms with E-state index in [0.29, 0.717) is 5.92 Å². The predicted octanol–water partition coefficient (Wildman–Crippen LogP) is 3.10.